The lowest BCUT2D eigenvalue weighted by Crippen LogP contribution is -1.90. The summed E-state index contributed by atoms with van der Waals surface area (Å²) in [6.07, 6.45) is 1.47. The van der Waals surface area contributed by atoms with Crippen LogP contribution in [-0.4, -0.2) is 15.7 Å². The normalized spacial score (nSPS) is 10.5. The first-order valence-corrected chi connectivity index (χ1v) is 3.81. The Labute approximate surface area is 67.1 Å². The first-order valence-electron chi connectivity index (χ1n) is 2.93. The molecular weight excluding hydrogens is 170 g/mol. The van der Waals surface area contributed by atoms with Gasteiger partial charge in [-0.2, -0.15) is 8.78 Å². The number of hydrogen-bond acceptors (Lipinski definition) is 3. The Hall–Kier alpha value is -0.710. The second-order valence-electron chi connectivity index (χ2n) is 1.86. The smallest absolute Gasteiger partial charge is 0.231 e. The zero-order valence-electron chi connectivity index (χ0n) is 5.79. The third kappa shape index (κ3) is 2.80. The van der Waals surface area contributed by atoms with Crippen LogP contribution in [0, 0.1) is 6.92 Å². The van der Waals surface area contributed by atoms with Crippen molar-refractivity contribution in [3.8, 4) is 0 Å². The molecule has 0 bridgehead atoms. The van der Waals surface area contributed by atoms with Gasteiger partial charge in [0.15, 0.2) is 5.16 Å². The van der Waals surface area contributed by atoms with E-state index in [9.17, 15) is 8.78 Å². The summed E-state index contributed by atoms with van der Waals surface area (Å²) in [6.45, 7) is 1.73. The number of hydrogen-bond donors (Lipinski definition) is 0. The monoisotopic (exact) mass is 176 g/mol. The van der Waals surface area contributed by atoms with Crippen LogP contribution < -0.4 is 0 Å². The van der Waals surface area contributed by atoms with Gasteiger partial charge in [-0.3, -0.25) is 0 Å². The van der Waals surface area contributed by atoms with E-state index in [0.29, 0.717) is 17.5 Å². The molecule has 0 amide bonds. The van der Waals surface area contributed by atoms with Crippen LogP contribution >= 0.6 is 11.8 Å². The summed E-state index contributed by atoms with van der Waals surface area (Å²) >= 11 is 0.357. The summed E-state index contributed by atoms with van der Waals surface area (Å²) in [6, 6.07) is 1.66. The van der Waals surface area contributed by atoms with E-state index in [0.717, 1.165) is 0 Å². The lowest BCUT2D eigenvalue weighted by molar-refractivity contribution is 0.251. The van der Waals surface area contributed by atoms with Crippen molar-refractivity contribution in [2.45, 2.75) is 17.8 Å². The van der Waals surface area contributed by atoms with Crippen LogP contribution in [0.4, 0.5) is 8.78 Å². The number of halogens is 2. The van der Waals surface area contributed by atoms with Crippen molar-refractivity contribution in [3.63, 3.8) is 0 Å². The van der Waals surface area contributed by atoms with E-state index in [1.54, 1.807) is 13.0 Å². The van der Waals surface area contributed by atoms with Crippen LogP contribution in [-0.2, 0) is 0 Å². The Kier molecular flexibility index (Phi) is 2.76. The van der Waals surface area contributed by atoms with Crippen LogP contribution in [0.5, 0.6) is 0 Å². The van der Waals surface area contributed by atoms with Crippen molar-refractivity contribution in [2.75, 3.05) is 0 Å². The highest BCUT2D eigenvalue weighted by Crippen LogP contribution is 2.20. The molecule has 0 aliphatic heterocycles. The molecule has 5 heteroatoms. The second kappa shape index (κ2) is 3.61. The number of thioether (sulfide) groups is 1. The average molecular weight is 176 g/mol. The van der Waals surface area contributed by atoms with Gasteiger partial charge in [0.2, 0.25) is 0 Å². The van der Waals surface area contributed by atoms with E-state index in [1.165, 1.54) is 6.20 Å². The molecule has 0 saturated carbocycles. The molecule has 0 unspecified atom stereocenters. The number of alkyl halides is 2. The molecule has 0 aliphatic rings. The number of aryl methyl sites for hydroxylation is 1. The highest BCUT2D eigenvalue weighted by molar-refractivity contribution is 7.99. The standard InChI is InChI=1S/C6H6F2N2S/c1-4-2-3-9-6(10-4)11-5(7)8/h2-3,5H,1H3. The van der Waals surface area contributed by atoms with Crippen molar-refractivity contribution in [3.05, 3.63) is 18.0 Å². The van der Waals surface area contributed by atoms with Crippen LogP contribution in [0.15, 0.2) is 17.4 Å². The molecule has 0 radical (unpaired) electrons. The van der Waals surface area contributed by atoms with Crippen LogP contribution in [0.3, 0.4) is 0 Å². The first kappa shape index (κ1) is 8.39. The molecule has 11 heavy (non-hydrogen) atoms. The van der Waals surface area contributed by atoms with Gasteiger partial charge in [-0.15, -0.1) is 0 Å². The fourth-order valence-corrected chi connectivity index (χ4v) is 1.04. The van der Waals surface area contributed by atoms with Crippen LogP contribution in [0.2, 0.25) is 0 Å². The van der Waals surface area contributed by atoms with Crippen molar-refractivity contribution in [1.29, 1.82) is 0 Å². The van der Waals surface area contributed by atoms with E-state index in [4.69, 9.17) is 0 Å². The molecule has 2 nitrogen and oxygen atoms in total. The van der Waals surface area contributed by atoms with Crippen LogP contribution in [0.1, 0.15) is 5.69 Å². The van der Waals surface area contributed by atoms with E-state index in [-0.39, 0.29) is 5.16 Å². The van der Waals surface area contributed by atoms with Crippen molar-refractivity contribution < 1.29 is 8.78 Å². The molecule has 0 fully saturated rings. The molecule has 1 rings (SSSR count). The van der Waals surface area contributed by atoms with E-state index in [2.05, 4.69) is 9.97 Å². The third-order valence-corrected chi connectivity index (χ3v) is 1.55. The minimum atomic E-state index is -2.45. The summed E-state index contributed by atoms with van der Waals surface area (Å²) in [4.78, 5) is 7.44. The molecule has 0 saturated heterocycles. The highest BCUT2D eigenvalue weighted by atomic mass is 32.2. The predicted molar refractivity (Wildman–Crippen MR) is 38.6 cm³/mol. The van der Waals surface area contributed by atoms with Crippen LogP contribution in [0.25, 0.3) is 0 Å². The summed E-state index contributed by atoms with van der Waals surface area (Å²) in [5.41, 5.74) is 0.697. The van der Waals surface area contributed by atoms with Gasteiger partial charge < -0.3 is 0 Å². The highest BCUT2D eigenvalue weighted by Gasteiger charge is 2.06. The SMILES string of the molecule is Cc1ccnc(SC(F)F)n1. The largest absolute Gasteiger partial charge is 0.291 e. The van der Waals surface area contributed by atoms with Gasteiger partial charge in [0.1, 0.15) is 0 Å². The Morgan fingerprint density at radius 1 is 1.55 bits per heavy atom. The Morgan fingerprint density at radius 2 is 2.27 bits per heavy atom. The van der Waals surface area contributed by atoms with E-state index >= 15 is 0 Å². The number of nitrogens with zero attached hydrogens (tertiary/aromatic N) is 2. The lowest BCUT2D eigenvalue weighted by Gasteiger charge is -1.97. The zero-order chi connectivity index (χ0) is 8.27. The third-order valence-electron chi connectivity index (χ3n) is 0.967. The summed E-state index contributed by atoms with van der Waals surface area (Å²) in [5.74, 6) is -2.45. The van der Waals surface area contributed by atoms with Gasteiger partial charge in [0, 0.05) is 11.9 Å². The molecule has 0 atom stereocenters. The fourth-order valence-electron chi connectivity index (χ4n) is 0.562. The predicted octanol–water partition coefficient (Wildman–Crippen LogP) is 2.10. The minimum absolute atomic E-state index is 0.125. The molecule has 0 aromatic carbocycles. The molecular formula is C6H6F2N2S. The molecule has 60 valence electrons. The molecule has 0 spiro atoms. The summed E-state index contributed by atoms with van der Waals surface area (Å²) < 4.78 is 23.5. The molecule has 0 aliphatic carbocycles. The summed E-state index contributed by atoms with van der Waals surface area (Å²) in [7, 11) is 0. The molecule has 1 aromatic heterocycles. The van der Waals surface area contributed by atoms with Gasteiger partial charge >= 0.3 is 0 Å². The van der Waals surface area contributed by atoms with Gasteiger partial charge in [-0.25, -0.2) is 9.97 Å². The lowest BCUT2D eigenvalue weighted by atomic mass is 10.5. The topological polar surface area (TPSA) is 25.8 Å². The minimum Gasteiger partial charge on any atom is -0.231 e. The maximum atomic E-state index is 11.7. The average Bonchev–Trinajstić information content (AvgIpc) is 1.85. The maximum absolute atomic E-state index is 11.7. The van der Waals surface area contributed by atoms with E-state index < -0.39 is 5.76 Å². The Morgan fingerprint density at radius 3 is 2.82 bits per heavy atom. The first-order chi connectivity index (χ1) is 5.18. The Bertz CT molecular complexity index is 242. The van der Waals surface area contributed by atoms with E-state index in [1.807, 2.05) is 0 Å². The molecule has 1 heterocycles. The number of rotatable bonds is 2. The second-order valence-corrected chi connectivity index (χ2v) is 2.82. The zero-order valence-corrected chi connectivity index (χ0v) is 6.61. The van der Waals surface area contributed by atoms with Gasteiger partial charge in [0.05, 0.1) is 0 Å². The van der Waals surface area contributed by atoms with Crippen molar-refractivity contribution in [1.82, 2.24) is 9.97 Å². The van der Waals surface area contributed by atoms with Gasteiger partial charge in [-0.1, -0.05) is 0 Å². The van der Waals surface area contributed by atoms with Gasteiger partial charge in [0.25, 0.3) is 5.76 Å². The van der Waals surface area contributed by atoms with Crippen molar-refractivity contribution in [2.24, 2.45) is 0 Å². The van der Waals surface area contributed by atoms with Crippen molar-refractivity contribution >= 4 is 11.8 Å². The Balaban J connectivity index is 2.71. The maximum Gasteiger partial charge on any atom is 0.291 e. The summed E-state index contributed by atoms with van der Waals surface area (Å²) in [5, 5.41) is 0.125. The quantitative estimate of drug-likeness (QED) is 0.509. The van der Waals surface area contributed by atoms with Gasteiger partial charge in [-0.05, 0) is 24.8 Å². The number of aromatic nitrogens is 2. The molecule has 0 N–H and O–H groups in total. The fraction of sp³-hybridized carbons (Fsp3) is 0.333. The molecule has 1 aromatic rings.